The lowest BCUT2D eigenvalue weighted by molar-refractivity contribution is -0.139. The number of piperazine rings is 1. The number of hydrogen-bond donors (Lipinski definition) is 1. The first-order chi connectivity index (χ1) is 8.06. The van der Waals surface area contributed by atoms with E-state index in [0.29, 0.717) is 6.54 Å². The predicted molar refractivity (Wildman–Crippen MR) is 72.2 cm³/mol. The lowest BCUT2D eigenvalue weighted by Crippen LogP contribution is -2.56. The molecule has 0 radical (unpaired) electrons. The van der Waals surface area contributed by atoms with Gasteiger partial charge in [-0.05, 0) is 47.2 Å². The molecule has 1 atom stereocenters. The molecular weight excluding hydrogens is 331 g/mol. The maximum Gasteiger partial charge on any atom is 0.243 e. The Kier molecular flexibility index (Phi) is 3.78. The molecule has 0 aromatic heterocycles. The van der Waals surface area contributed by atoms with Crippen molar-refractivity contribution in [2.45, 2.75) is 19.5 Å². The molecule has 1 aliphatic heterocycles. The second kappa shape index (κ2) is 5.14. The number of nitrogens with one attached hydrogen (secondary N) is 1. The highest BCUT2D eigenvalue weighted by molar-refractivity contribution is 14.1. The van der Waals surface area contributed by atoms with Gasteiger partial charge in [0.25, 0.3) is 0 Å². The van der Waals surface area contributed by atoms with Crippen LogP contribution in [0.15, 0.2) is 24.3 Å². The largest absolute Gasteiger partial charge is 0.294 e. The normalized spacial score (nSPS) is 21.4. The quantitative estimate of drug-likeness (QED) is 0.647. The fraction of sp³-hybridized carbons (Fsp3) is 0.333. The SMILES string of the molecule is CC1C(=O)NC(=O)CN1Cc1ccc(I)cc1. The first-order valence-corrected chi connectivity index (χ1v) is 6.46. The van der Waals surface area contributed by atoms with E-state index in [1.54, 1.807) is 0 Å². The van der Waals surface area contributed by atoms with Gasteiger partial charge in [-0.2, -0.15) is 0 Å². The zero-order valence-corrected chi connectivity index (χ0v) is 11.6. The Hall–Kier alpha value is -0.950. The van der Waals surface area contributed by atoms with Crippen LogP contribution in [-0.2, 0) is 16.1 Å². The minimum atomic E-state index is -0.257. The van der Waals surface area contributed by atoms with Gasteiger partial charge in [-0.1, -0.05) is 12.1 Å². The van der Waals surface area contributed by atoms with E-state index in [0.717, 1.165) is 5.56 Å². The Balaban J connectivity index is 2.09. The summed E-state index contributed by atoms with van der Waals surface area (Å²) in [6, 6.07) is 7.82. The number of halogens is 1. The summed E-state index contributed by atoms with van der Waals surface area (Å²) in [5.74, 6) is -0.439. The first-order valence-electron chi connectivity index (χ1n) is 5.38. The predicted octanol–water partition coefficient (Wildman–Crippen LogP) is 1.14. The van der Waals surface area contributed by atoms with E-state index < -0.39 is 0 Å². The maximum atomic E-state index is 11.5. The molecular formula is C12H13IN2O2. The molecule has 90 valence electrons. The van der Waals surface area contributed by atoms with Crippen molar-refractivity contribution in [2.75, 3.05) is 6.54 Å². The maximum absolute atomic E-state index is 11.5. The van der Waals surface area contributed by atoms with Gasteiger partial charge in [0, 0.05) is 10.1 Å². The summed E-state index contributed by atoms with van der Waals surface area (Å²) in [6.07, 6.45) is 0. The zero-order valence-electron chi connectivity index (χ0n) is 9.44. The fourth-order valence-electron chi connectivity index (χ4n) is 1.79. The van der Waals surface area contributed by atoms with E-state index in [2.05, 4.69) is 27.9 Å². The lowest BCUT2D eigenvalue weighted by Gasteiger charge is -2.31. The van der Waals surface area contributed by atoms with Crippen molar-refractivity contribution in [3.8, 4) is 0 Å². The molecule has 1 unspecified atom stereocenters. The van der Waals surface area contributed by atoms with Crippen molar-refractivity contribution < 1.29 is 9.59 Å². The van der Waals surface area contributed by atoms with Crippen LogP contribution in [0.4, 0.5) is 0 Å². The van der Waals surface area contributed by atoms with Crippen molar-refractivity contribution in [1.82, 2.24) is 10.2 Å². The molecule has 1 heterocycles. The first kappa shape index (κ1) is 12.5. The van der Waals surface area contributed by atoms with Crippen LogP contribution in [0, 0.1) is 3.57 Å². The van der Waals surface area contributed by atoms with E-state index >= 15 is 0 Å². The number of carbonyl (C=O) groups excluding carboxylic acids is 2. The molecule has 1 aliphatic rings. The van der Waals surface area contributed by atoms with Crippen LogP contribution in [0.3, 0.4) is 0 Å². The number of benzene rings is 1. The third kappa shape index (κ3) is 3.04. The summed E-state index contributed by atoms with van der Waals surface area (Å²) in [5, 5.41) is 2.33. The summed E-state index contributed by atoms with van der Waals surface area (Å²) >= 11 is 2.25. The van der Waals surface area contributed by atoms with Crippen molar-refractivity contribution in [3.05, 3.63) is 33.4 Å². The Morgan fingerprint density at radius 2 is 2.00 bits per heavy atom. The highest BCUT2D eigenvalue weighted by atomic mass is 127. The topological polar surface area (TPSA) is 49.4 Å². The molecule has 0 bridgehead atoms. The number of carbonyl (C=O) groups is 2. The minimum absolute atomic E-state index is 0.216. The monoisotopic (exact) mass is 344 g/mol. The summed E-state index contributed by atoms with van der Waals surface area (Å²) in [7, 11) is 0. The van der Waals surface area contributed by atoms with Gasteiger partial charge in [-0.25, -0.2) is 0 Å². The second-order valence-corrected chi connectivity index (χ2v) is 5.37. The molecule has 0 spiro atoms. The van der Waals surface area contributed by atoms with Gasteiger partial charge in [0.1, 0.15) is 0 Å². The molecule has 1 fully saturated rings. The zero-order chi connectivity index (χ0) is 12.4. The van der Waals surface area contributed by atoms with Crippen LogP contribution in [0.2, 0.25) is 0 Å². The van der Waals surface area contributed by atoms with Crippen LogP contribution in [-0.4, -0.2) is 29.3 Å². The van der Waals surface area contributed by atoms with Gasteiger partial charge >= 0.3 is 0 Å². The molecule has 5 heteroatoms. The highest BCUT2D eigenvalue weighted by Gasteiger charge is 2.29. The Morgan fingerprint density at radius 3 is 2.65 bits per heavy atom. The highest BCUT2D eigenvalue weighted by Crippen LogP contribution is 2.13. The molecule has 1 aromatic carbocycles. The van der Waals surface area contributed by atoms with Crippen LogP contribution in [0.1, 0.15) is 12.5 Å². The van der Waals surface area contributed by atoms with E-state index in [4.69, 9.17) is 0 Å². The van der Waals surface area contributed by atoms with Crippen molar-refractivity contribution in [3.63, 3.8) is 0 Å². The van der Waals surface area contributed by atoms with Crippen molar-refractivity contribution in [2.24, 2.45) is 0 Å². The summed E-state index contributed by atoms with van der Waals surface area (Å²) in [4.78, 5) is 24.7. The Bertz CT molecular complexity index is 444. The molecule has 1 N–H and O–H groups in total. The van der Waals surface area contributed by atoms with E-state index in [-0.39, 0.29) is 24.4 Å². The third-order valence-corrected chi connectivity index (χ3v) is 3.55. The number of amides is 2. The van der Waals surface area contributed by atoms with E-state index in [1.807, 2.05) is 36.1 Å². The van der Waals surface area contributed by atoms with Gasteiger partial charge in [0.15, 0.2) is 0 Å². The van der Waals surface area contributed by atoms with Gasteiger partial charge in [-0.3, -0.25) is 19.8 Å². The summed E-state index contributed by atoms with van der Waals surface area (Å²) in [6.45, 7) is 2.71. The molecule has 17 heavy (non-hydrogen) atoms. The smallest absolute Gasteiger partial charge is 0.243 e. The summed E-state index contributed by atoms with van der Waals surface area (Å²) in [5.41, 5.74) is 1.11. The lowest BCUT2D eigenvalue weighted by atomic mass is 10.1. The molecule has 2 amide bonds. The van der Waals surface area contributed by atoms with Crippen LogP contribution in [0.5, 0.6) is 0 Å². The van der Waals surface area contributed by atoms with Gasteiger partial charge in [0.2, 0.25) is 11.8 Å². The molecule has 1 aromatic rings. The van der Waals surface area contributed by atoms with Gasteiger partial charge < -0.3 is 0 Å². The Labute approximate surface area is 114 Å². The Morgan fingerprint density at radius 1 is 1.35 bits per heavy atom. The average Bonchev–Trinajstić information content (AvgIpc) is 2.28. The second-order valence-electron chi connectivity index (χ2n) is 4.12. The molecule has 0 saturated carbocycles. The number of rotatable bonds is 2. The third-order valence-electron chi connectivity index (χ3n) is 2.84. The molecule has 1 saturated heterocycles. The summed E-state index contributed by atoms with van der Waals surface area (Å²) < 4.78 is 1.17. The number of nitrogens with zero attached hydrogens (tertiary/aromatic N) is 1. The average molecular weight is 344 g/mol. The minimum Gasteiger partial charge on any atom is -0.294 e. The van der Waals surface area contributed by atoms with Gasteiger partial charge in [0.05, 0.1) is 12.6 Å². The van der Waals surface area contributed by atoms with Crippen LogP contribution >= 0.6 is 22.6 Å². The number of imide groups is 1. The van der Waals surface area contributed by atoms with Crippen LogP contribution in [0.25, 0.3) is 0 Å². The number of hydrogen-bond acceptors (Lipinski definition) is 3. The van der Waals surface area contributed by atoms with Gasteiger partial charge in [-0.15, -0.1) is 0 Å². The molecule has 4 nitrogen and oxygen atoms in total. The molecule has 0 aliphatic carbocycles. The van der Waals surface area contributed by atoms with Crippen LogP contribution < -0.4 is 5.32 Å². The van der Waals surface area contributed by atoms with Crippen molar-refractivity contribution >= 4 is 34.4 Å². The van der Waals surface area contributed by atoms with E-state index in [1.165, 1.54) is 3.57 Å². The van der Waals surface area contributed by atoms with E-state index in [9.17, 15) is 9.59 Å². The fourth-order valence-corrected chi connectivity index (χ4v) is 2.15. The molecule has 2 rings (SSSR count). The van der Waals surface area contributed by atoms with Crippen molar-refractivity contribution in [1.29, 1.82) is 0 Å². The standard InChI is InChI=1S/C12H13IN2O2/c1-8-12(17)14-11(16)7-15(8)6-9-2-4-10(13)5-3-9/h2-5,8H,6-7H2,1H3,(H,14,16,17).